The second-order valence-electron chi connectivity index (χ2n) is 12.7. The third-order valence-corrected chi connectivity index (χ3v) is 9.27. The van der Waals surface area contributed by atoms with Crippen LogP contribution in [0.25, 0.3) is 0 Å². The number of carbonyl (C=O) groups excluding carboxylic acids is 4. The van der Waals surface area contributed by atoms with Gasteiger partial charge in [-0.05, 0) is 63.1 Å². The number of allylic oxidation sites excluding steroid dienone is 1. The SMILES string of the molecule is C=CCCC(=O)NC[C@@H](C)OC(=O)[C@@H]1[C@H]2C(=O)N([C@@H](CO)C(C)C)[C@H](C(=O)N(CC=C)c3cc(C)ccc3C)[C@]23CC[C@H]1O3. The van der Waals surface area contributed by atoms with E-state index in [0.29, 0.717) is 31.4 Å². The fourth-order valence-corrected chi connectivity index (χ4v) is 7.11. The maximum atomic E-state index is 14.8. The summed E-state index contributed by atoms with van der Waals surface area (Å²) in [6, 6.07) is 4.14. The molecule has 2 bridgehead atoms. The molecule has 3 fully saturated rings. The van der Waals surface area contributed by atoms with Gasteiger partial charge >= 0.3 is 5.97 Å². The number of nitrogens with zero attached hydrogens (tertiary/aromatic N) is 2. The molecule has 0 radical (unpaired) electrons. The Morgan fingerprint density at radius 1 is 1.23 bits per heavy atom. The molecule has 0 saturated carbocycles. The van der Waals surface area contributed by atoms with Crippen molar-refractivity contribution in [3.05, 3.63) is 54.6 Å². The molecule has 0 aromatic heterocycles. The predicted octanol–water partition coefficient (Wildman–Crippen LogP) is 3.23. The van der Waals surface area contributed by atoms with Gasteiger partial charge in [-0.15, -0.1) is 13.2 Å². The lowest BCUT2D eigenvalue weighted by Gasteiger charge is -2.40. The summed E-state index contributed by atoms with van der Waals surface area (Å²) < 4.78 is 12.3. The van der Waals surface area contributed by atoms with Crippen molar-refractivity contribution in [3.8, 4) is 0 Å². The Bertz CT molecular complexity index is 1300. The van der Waals surface area contributed by atoms with Crippen LogP contribution >= 0.6 is 0 Å². The van der Waals surface area contributed by atoms with E-state index >= 15 is 0 Å². The van der Waals surface area contributed by atoms with E-state index in [1.165, 1.54) is 4.90 Å². The summed E-state index contributed by atoms with van der Waals surface area (Å²) >= 11 is 0. The van der Waals surface area contributed by atoms with Crippen molar-refractivity contribution in [2.24, 2.45) is 17.8 Å². The smallest absolute Gasteiger partial charge is 0.312 e. The Morgan fingerprint density at radius 2 is 1.95 bits per heavy atom. The van der Waals surface area contributed by atoms with E-state index in [2.05, 4.69) is 18.5 Å². The highest BCUT2D eigenvalue weighted by molar-refractivity contribution is 6.05. The normalized spacial score (nSPS) is 26.7. The third-order valence-electron chi connectivity index (χ3n) is 9.27. The summed E-state index contributed by atoms with van der Waals surface area (Å²) in [6.07, 6.45) is 3.84. The standard InChI is InChI=1S/C34H47N3O7/c1-8-10-11-27(39)35-18-23(7)43-33(42)28-26-14-15-34(44-26)29(28)31(40)37(25(19-38)20(3)4)30(34)32(41)36(16-9-2)24-17-21(5)12-13-22(24)6/h8-9,12-13,17,20,23,25-26,28-30,38H,1-2,10-11,14-16,18-19H2,3-7H3,(H,35,39)/t23-,25+,26-,28+,29+,30-,34+/m1/s1. The van der Waals surface area contributed by atoms with Gasteiger partial charge in [0, 0.05) is 18.7 Å². The quantitative estimate of drug-likeness (QED) is 0.245. The number of amides is 3. The van der Waals surface area contributed by atoms with Crippen molar-refractivity contribution in [1.29, 1.82) is 0 Å². The topological polar surface area (TPSA) is 125 Å². The van der Waals surface area contributed by atoms with Gasteiger partial charge < -0.3 is 29.7 Å². The fourth-order valence-electron chi connectivity index (χ4n) is 7.11. The van der Waals surface area contributed by atoms with Gasteiger partial charge in [-0.3, -0.25) is 19.2 Å². The highest BCUT2D eigenvalue weighted by atomic mass is 16.6. The number of nitrogens with one attached hydrogen (secondary N) is 1. The lowest BCUT2D eigenvalue weighted by molar-refractivity contribution is -0.160. The first kappa shape index (κ1) is 33.4. The van der Waals surface area contributed by atoms with Gasteiger partial charge in [0.1, 0.15) is 17.7 Å². The number of aliphatic hydroxyl groups is 1. The lowest BCUT2D eigenvalue weighted by Crippen LogP contribution is -2.60. The molecular weight excluding hydrogens is 562 g/mol. The van der Waals surface area contributed by atoms with Gasteiger partial charge in [-0.25, -0.2) is 0 Å². The number of fused-ring (bicyclic) bond motifs is 1. The molecule has 4 rings (SSSR count). The summed E-state index contributed by atoms with van der Waals surface area (Å²) in [4.78, 5) is 58.0. The van der Waals surface area contributed by atoms with Crippen LogP contribution in [0.5, 0.6) is 0 Å². The Morgan fingerprint density at radius 3 is 2.59 bits per heavy atom. The van der Waals surface area contributed by atoms with Gasteiger partial charge in [0.25, 0.3) is 5.91 Å². The highest BCUT2D eigenvalue weighted by Gasteiger charge is 2.76. The monoisotopic (exact) mass is 609 g/mol. The molecule has 3 heterocycles. The molecule has 240 valence electrons. The first-order valence-electron chi connectivity index (χ1n) is 15.6. The van der Waals surface area contributed by atoms with Crippen LogP contribution in [-0.2, 0) is 28.7 Å². The zero-order valence-electron chi connectivity index (χ0n) is 26.6. The van der Waals surface area contributed by atoms with E-state index in [4.69, 9.17) is 9.47 Å². The van der Waals surface area contributed by atoms with Gasteiger partial charge in [0.2, 0.25) is 11.8 Å². The Balaban J connectivity index is 1.68. The summed E-state index contributed by atoms with van der Waals surface area (Å²) in [7, 11) is 0. The molecule has 10 nitrogen and oxygen atoms in total. The predicted molar refractivity (Wildman–Crippen MR) is 167 cm³/mol. The van der Waals surface area contributed by atoms with Crippen LogP contribution in [0.15, 0.2) is 43.5 Å². The number of likely N-dealkylation sites (tertiary alicyclic amines) is 1. The highest BCUT2D eigenvalue weighted by Crippen LogP contribution is 2.59. The number of aliphatic hydroxyl groups excluding tert-OH is 1. The fraction of sp³-hybridized carbons (Fsp3) is 0.588. The van der Waals surface area contributed by atoms with E-state index in [9.17, 15) is 24.3 Å². The molecule has 1 aromatic rings. The molecule has 0 aliphatic carbocycles. The van der Waals surface area contributed by atoms with Crippen molar-refractivity contribution in [2.75, 3.05) is 24.6 Å². The maximum absolute atomic E-state index is 14.8. The molecule has 1 spiro atoms. The van der Waals surface area contributed by atoms with Crippen molar-refractivity contribution in [1.82, 2.24) is 10.2 Å². The molecule has 2 N–H and O–H groups in total. The molecule has 0 unspecified atom stereocenters. The molecule has 7 atom stereocenters. The average Bonchev–Trinajstić information content (AvgIpc) is 3.62. The maximum Gasteiger partial charge on any atom is 0.312 e. The second-order valence-corrected chi connectivity index (χ2v) is 12.7. The van der Waals surface area contributed by atoms with E-state index in [1.807, 2.05) is 45.9 Å². The van der Waals surface area contributed by atoms with Crippen molar-refractivity contribution in [2.45, 2.75) is 90.2 Å². The van der Waals surface area contributed by atoms with Crippen LogP contribution in [0.3, 0.4) is 0 Å². The number of anilines is 1. The van der Waals surface area contributed by atoms with Gasteiger partial charge in [0.15, 0.2) is 0 Å². The first-order valence-corrected chi connectivity index (χ1v) is 15.6. The van der Waals surface area contributed by atoms with Crippen LogP contribution in [-0.4, -0.2) is 83.3 Å². The average molecular weight is 610 g/mol. The van der Waals surface area contributed by atoms with Crippen LogP contribution in [0.1, 0.15) is 57.6 Å². The number of benzene rings is 1. The van der Waals surface area contributed by atoms with Crippen molar-refractivity contribution >= 4 is 29.4 Å². The minimum absolute atomic E-state index is 0.128. The number of esters is 1. The third kappa shape index (κ3) is 6.06. The zero-order chi connectivity index (χ0) is 32.3. The Hall–Kier alpha value is -3.50. The van der Waals surface area contributed by atoms with E-state index in [-0.39, 0.29) is 43.3 Å². The van der Waals surface area contributed by atoms with E-state index in [1.54, 1.807) is 24.0 Å². The van der Waals surface area contributed by atoms with Crippen LogP contribution in [0.4, 0.5) is 5.69 Å². The van der Waals surface area contributed by atoms with E-state index in [0.717, 1.165) is 11.1 Å². The number of aryl methyl sites for hydroxylation is 2. The molecule has 44 heavy (non-hydrogen) atoms. The van der Waals surface area contributed by atoms with Crippen LogP contribution in [0.2, 0.25) is 0 Å². The lowest BCUT2D eigenvalue weighted by atomic mass is 9.70. The van der Waals surface area contributed by atoms with Gasteiger partial charge in [0.05, 0.1) is 37.1 Å². The molecule has 3 saturated heterocycles. The van der Waals surface area contributed by atoms with Gasteiger partial charge in [-0.1, -0.05) is 38.1 Å². The summed E-state index contributed by atoms with van der Waals surface area (Å²) in [5, 5.41) is 13.2. The summed E-state index contributed by atoms with van der Waals surface area (Å²) in [5.74, 6) is -3.49. The van der Waals surface area contributed by atoms with E-state index < -0.39 is 47.7 Å². The Labute approximate surface area is 260 Å². The minimum atomic E-state index is -1.25. The van der Waals surface area contributed by atoms with Crippen LogP contribution < -0.4 is 10.2 Å². The Kier molecular flexibility index (Phi) is 10.4. The van der Waals surface area contributed by atoms with Crippen molar-refractivity contribution < 1.29 is 33.8 Å². The largest absolute Gasteiger partial charge is 0.460 e. The minimum Gasteiger partial charge on any atom is -0.460 e. The molecule has 3 aliphatic heterocycles. The molecule has 1 aromatic carbocycles. The number of ether oxygens (including phenoxy) is 2. The number of carbonyl (C=O) groups is 4. The molecule has 10 heteroatoms. The summed E-state index contributed by atoms with van der Waals surface area (Å²) in [5.41, 5.74) is 1.33. The van der Waals surface area contributed by atoms with Crippen molar-refractivity contribution in [3.63, 3.8) is 0 Å². The first-order chi connectivity index (χ1) is 20.9. The summed E-state index contributed by atoms with van der Waals surface area (Å²) in [6.45, 7) is 16.8. The zero-order valence-corrected chi connectivity index (χ0v) is 26.6. The number of hydrogen-bond acceptors (Lipinski definition) is 7. The number of rotatable bonds is 14. The van der Waals surface area contributed by atoms with Crippen LogP contribution in [0, 0.1) is 31.6 Å². The molecular formula is C34H47N3O7. The number of hydrogen-bond donors (Lipinski definition) is 2. The second kappa shape index (κ2) is 13.6. The molecule has 3 amide bonds. The van der Waals surface area contributed by atoms with Gasteiger partial charge in [-0.2, -0.15) is 0 Å². The molecule has 3 aliphatic rings.